The average Bonchev–Trinajstić information content (AvgIpc) is 2.06. The van der Waals surface area contributed by atoms with E-state index in [0.717, 1.165) is 12.3 Å². The maximum absolute atomic E-state index is 5.20. The molecule has 1 aliphatic heterocycles. The van der Waals surface area contributed by atoms with Gasteiger partial charge in [0.05, 0.1) is 7.11 Å². The first-order valence-electron chi connectivity index (χ1n) is 4.69. The highest BCUT2D eigenvalue weighted by Crippen LogP contribution is 2.28. The first kappa shape index (κ1) is 8.57. The number of hydrogen-bond acceptors (Lipinski definition) is 2. The Hall–Kier alpha value is -1.02. The van der Waals surface area contributed by atoms with E-state index in [9.17, 15) is 0 Å². The molecule has 1 aromatic carbocycles. The minimum atomic E-state index is 0.551. The second kappa shape index (κ2) is 3.38. The van der Waals surface area contributed by atoms with Gasteiger partial charge in [0.25, 0.3) is 0 Å². The summed E-state index contributed by atoms with van der Waals surface area (Å²) in [4.78, 5) is 0. The van der Waals surface area contributed by atoms with Crippen molar-refractivity contribution < 1.29 is 4.74 Å². The normalized spacial score (nSPS) is 20.9. The zero-order valence-corrected chi connectivity index (χ0v) is 8.13. The topological polar surface area (TPSA) is 21.3 Å². The Morgan fingerprint density at radius 3 is 2.77 bits per heavy atom. The predicted octanol–water partition coefficient (Wildman–Crippen LogP) is 2.04. The van der Waals surface area contributed by atoms with Gasteiger partial charge in [0.1, 0.15) is 5.75 Å². The Morgan fingerprint density at radius 2 is 2.23 bits per heavy atom. The van der Waals surface area contributed by atoms with Gasteiger partial charge in [-0.15, -0.1) is 0 Å². The summed E-state index contributed by atoms with van der Waals surface area (Å²) in [6.07, 6.45) is 1.24. The van der Waals surface area contributed by atoms with Crippen LogP contribution in [0.3, 0.4) is 0 Å². The van der Waals surface area contributed by atoms with E-state index in [4.69, 9.17) is 4.74 Å². The molecule has 0 amide bonds. The zero-order chi connectivity index (χ0) is 9.26. The summed E-state index contributed by atoms with van der Waals surface area (Å²) in [5, 5.41) is 3.40. The number of ether oxygens (including phenoxy) is 1. The number of benzene rings is 1. The third kappa shape index (κ3) is 1.54. The molecule has 0 saturated carbocycles. The first-order valence-corrected chi connectivity index (χ1v) is 4.69. The van der Waals surface area contributed by atoms with E-state index in [1.54, 1.807) is 7.11 Å². The lowest BCUT2D eigenvalue weighted by molar-refractivity contribution is 0.376. The molecule has 1 saturated heterocycles. The van der Waals surface area contributed by atoms with Crippen LogP contribution in [0.25, 0.3) is 0 Å². The molecule has 1 N–H and O–H groups in total. The number of nitrogens with one attached hydrogen (secondary N) is 1. The van der Waals surface area contributed by atoms with Crippen molar-refractivity contribution in [3.05, 3.63) is 29.3 Å². The monoisotopic (exact) mass is 177 g/mol. The molecular weight excluding hydrogens is 162 g/mol. The van der Waals surface area contributed by atoms with Crippen molar-refractivity contribution in [1.82, 2.24) is 5.32 Å². The fourth-order valence-corrected chi connectivity index (χ4v) is 1.68. The maximum Gasteiger partial charge on any atom is 0.119 e. The van der Waals surface area contributed by atoms with Gasteiger partial charge >= 0.3 is 0 Å². The highest BCUT2D eigenvalue weighted by molar-refractivity contribution is 5.37. The average molecular weight is 177 g/mol. The van der Waals surface area contributed by atoms with Gasteiger partial charge in [-0.2, -0.15) is 0 Å². The molecule has 0 aromatic heterocycles. The van der Waals surface area contributed by atoms with Crippen LogP contribution in [0.5, 0.6) is 5.75 Å². The molecule has 1 aromatic rings. The molecular formula is C11H15NO. The van der Waals surface area contributed by atoms with Gasteiger partial charge in [-0.05, 0) is 43.1 Å². The zero-order valence-electron chi connectivity index (χ0n) is 8.13. The molecule has 1 fully saturated rings. The molecule has 1 heterocycles. The van der Waals surface area contributed by atoms with Crippen LogP contribution >= 0.6 is 0 Å². The van der Waals surface area contributed by atoms with Crippen LogP contribution in [0.4, 0.5) is 0 Å². The predicted molar refractivity (Wildman–Crippen MR) is 53.1 cm³/mol. The molecule has 0 aliphatic carbocycles. The number of aryl methyl sites for hydroxylation is 1. The first-order chi connectivity index (χ1) is 6.31. The van der Waals surface area contributed by atoms with Gasteiger partial charge in [0.15, 0.2) is 0 Å². The summed E-state index contributed by atoms with van der Waals surface area (Å²) in [5.41, 5.74) is 2.73. The summed E-state index contributed by atoms with van der Waals surface area (Å²) >= 11 is 0. The lowest BCUT2D eigenvalue weighted by atomic mass is 9.94. The second-order valence-electron chi connectivity index (χ2n) is 3.52. The van der Waals surface area contributed by atoms with E-state index >= 15 is 0 Å². The van der Waals surface area contributed by atoms with Crippen molar-refractivity contribution in [3.8, 4) is 5.75 Å². The van der Waals surface area contributed by atoms with Gasteiger partial charge in [0, 0.05) is 6.04 Å². The summed E-state index contributed by atoms with van der Waals surface area (Å²) < 4.78 is 5.20. The Bertz CT molecular complexity index is 305. The highest BCUT2D eigenvalue weighted by atomic mass is 16.5. The van der Waals surface area contributed by atoms with Crippen LogP contribution in [0.2, 0.25) is 0 Å². The quantitative estimate of drug-likeness (QED) is 0.746. The third-order valence-corrected chi connectivity index (χ3v) is 2.69. The van der Waals surface area contributed by atoms with E-state index in [1.165, 1.54) is 17.5 Å². The van der Waals surface area contributed by atoms with E-state index < -0.39 is 0 Å². The highest BCUT2D eigenvalue weighted by Gasteiger charge is 2.20. The molecule has 13 heavy (non-hydrogen) atoms. The van der Waals surface area contributed by atoms with Gasteiger partial charge < -0.3 is 10.1 Å². The van der Waals surface area contributed by atoms with Crippen LogP contribution in [0.15, 0.2) is 18.2 Å². The van der Waals surface area contributed by atoms with Crippen molar-refractivity contribution >= 4 is 0 Å². The largest absolute Gasteiger partial charge is 0.497 e. The van der Waals surface area contributed by atoms with Crippen molar-refractivity contribution in [2.24, 2.45) is 0 Å². The Balaban J connectivity index is 2.30. The lowest BCUT2D eigenvalue weighted by Crippen LogP contribution is -2.35. The Labute approximate surface area is 78.9 Å². The van der Waals surface area contributed by atoms with Crippen molar-refractivity contribution in [3.63, 3.8) is 0 Å². The molecule has 0 bridgehead atoms. The molecule has 0 unspecified atom stereocenters. The van der Waals surface area contributed by atoms with Gasteiger partial charge in [-0.25, -0.2) is 0 Å². The maximum atomic E-state index is 5.20. The van der Waals surface area contributed by atoms with Crippen molar-refractivity contribution in [2.75, 3.05) is 13.7 Å². The van der Waals surface area contributed by atoms with Crippen LogP contribution < -0.4 is 10.1 Å². The summed E-state index contributed by atoms with van der Waals surface area (Å²) in [6.45, 7) is 3.29. The van der Waals surface area contributed by atoms with Gasteiger partial charge in [0.2, 0.25) is 0 Å². The molecule has 1 aliphatic rings. The SMILES string of the molecule is COc1ccc(C)c([C@H]2CCN2)c1. The lowest BCUT2D eigenvalue weighted by Gasteiger charge is -2.29. The fraction of sp³-hybridized carbons (Fsp3) is 0.455. The van der Waals surface area contributed by atoms with Crippen LogP contribution in [0, 0.1) is 6.92 Å². The minimum Gasteiger partial charge on any atom is -0.497 e. The van der Waals surface area contributed by atoms with Crippen molar-refractivity contribution in [2.45, 2.75) is 19.4 Å². The number of rotatable bonds is 2. The smallest absolute Gasteiger partial charge is 0.119 e. The molecule has 2 nitrogen and oxygen atoms in total. The van der Waals surface area contributed by atoms with E-state index in [2.05, 4.69) is 24.4 Å². The molecule has 70 valence electrons. The van der Waals surface area contributed by atoms with E-state index in [0.29, 0.717) is 6.04 Å². The van der Waals surface area contributed by atoms with E-state index in [-0.39, 0.29) is 0 Å². The second-order valence-corrected chi connectivity index (χ2v) is 3.52. The summed E-state index contributed by atoms with van der Waals surface area (Å²) in [6, 6.07) is 6.81. The molecule has 0 spiro atoms. The van der Waals surface area contributed by atoms with E-state index in [1.807, 2.05) is 6.07 Å². The van der Waals surface area contributed by atoms with Crippen LogP contribution in [-0.4, -0.2) is 13.7 Å². The van der Waals surface area contributed by atoms with Crippen molar-refractivity contribution in [1.29, 1.82) is 0 Å². The van der Waals surface area contributed by atoms with Gasteiger partial charge in [-0.1, -0.05) is 6.07 Å². The Kier molecular flexibility index (Phi) is 2.23. The van der Waals surface area contributed by atoms with Gasteiger partial charge in [-0.3, -0.25) is 0 Å². The molecule has 1 atom stereocenters. The summed E-state index contributed by atoms with van der Waals surface area (Å²) in [7, 11) is 1.71. The fourth-order valence-electron chi connectivity index (χ4n) is 1.68. The number of methoxy groups -OCH3 is 1. The third-order valence-electron chi connectivity index (χ3n) is 2.69. The number of hydrogen-bond donors (Lipinski definition) is 1. The standard InChI is InChI=1S/C11H15NO/c1-8-3-4-9(13-2)7-10(8)11-5-6-12-11/h3-4,7,11-12H,5-6H2,1-2H3/t11-/m1/s1. The molecule has 2 heteroatoms. The Morgan fingerprint density at radius 1 is 1.46 bits per heavy atom. The van der Waals surface area contributed by atoms with Crippen LogP contribution in [0.1, 0.15) is 23.6 Å². The molecule has 2 rings (SSSR count). The van der Waals surface area contributed by atoms with Crippen LogP contribution in [-0.2, 0) is 0 Å². The summed E-state index contributed by atoms with van der Waals surface area (Å²) in [5.74, 6) is 0.953. The molecule has 0 radical (unpaired) electrons. The minimum absolute atomic E-state index is 0.551.